The molecule has 0 amide bonds. The van der Waals surface area contributed by atoms with Gasteiger partial charge in [-0.25, -0.2) is 0 Å². The Morgan fingerprint density at radius 1 is 1.14 bits per heavy atom. The van der Waals surface area contributed by atoms with Crippen LogP contribution in [0.5, 0.6) is 0 Å². The third-order valence-electron chi connectivity index (χ3n) is 3.71. The number of anilines is 1. The zero-order valence-electron chi connectivity index (χ0n) is 12.3. The first kappa shape index (κ1) is 14.0. The molecule has 1 aromatic carbocycles. The third-order valence-corrected chi connectivity index (χ3v) is 3.71. The molecule has 1 aliphatic rings. The topological polar surface area (TPSA) is 71.4 Å². The average molecular weight is 287 g/mol. The van der Waals surface area contributed by atoms with E-state index in [4.69, 9.17) is 10.2 Å². The molecular formula is C15H21N5O. The van der Waals surface area contributed by atoms with E-state index in [2.05, 4.69) is 44.3 Å². The number of piperazine rings is 1. The monoisotopic (exact) mass is 287 g/mol. The molecule has 21 heavy (non-hydrogen) atoms. The molecule has 2 heterocycles. The van der Waals surface area contributed by atoms with Crippen LogP contribution in [0.15, 0.2) is 34.7 Å². The molecule has 1 aliphatic heterocycles. The molecule has 1 atom stereocenters. The summed E-state index contributed by atoms with van der Waals surface area (Å²) in [5.41, 5.74) is 7.09. The molecule has 2 N–H and O–H groups in total. The molecule has 0 radical (unpaired) electrons. The Bertz CT molecular complexity index is 560. The Morgan fingerprint density at radius 3 is 2.48 bits per heavy atom. The predicted molar refractivity (Wildman–Crippen MR) is 80.8 cm³/mol. The second-order valence-electron chi connectivity index (χ2n) is 5.46. The molecular weight excluding hydrogens is 266 g/mol. The van der Waals surface area contributed by atoms with Gasteiger partial charge in [0.25, 0.3) is 0 Å². The number of rotatable bonds is 4. The van der Waals surface area contributed by atoms with Crippen molar-refractivity contribution < 1.29 is 4.42 Å². The lowest BCUT2D eigenvalue weighted by Gasteiger charge is -2.33. The van der Waals surface area contributed by atoms with Crippen molar-refractivity contribution in [3.05, 3.63) is 41.8 Å². The van der Waals surface area contributed by atoms with Gasteiger partial charge in [-0.05, 0) is 12.5 Å². The summed E-state index contributed by atoms with van der Waals surface area (Å²) in [6.45, 7) is 6.61. The van der Waals surface area contributed by atoms with Gasteiger partial charge in [0, 0.05) is 32.7 Å². The van der Waals surface area contributed by atoms with Crippen molar-refractivity contribution in [1.82, 2.24) is 15.1 Å². The molecule has 2 aromatic rings. The fourth-order valence-corrected chi connectivity index (χ4v) is 2.48. The fraction of sp³-hybridized carbons (Fsp3) is 0.467. The molecule has 1 aromatic heterocycles. The smallest absolute Gasteiger partial charge is 0.318 e. The van der Waals surface area contributed by atoms with E-state index in [-0.39, 0.29) is 6.04 Å². The van der Waals surface area contributed by atoms with Gasteiger partial charge in [-0.1, -0.05) is 35.4 Å². The number of aromatic nitrogens is 2. The van der Waals surface area contributed by atoms with Crippen LogP contribution in [-0.2, 0) is 6.54 Å². The number of hydrogen-bond acceptors (Lipinski definition) is 6. The van der Waals surface area contributed by atoms with Gasteiger partial charge in [0.15, 0.2) is 0 Å². The zero-order valence-corrected chi connectivity index (χ0v) is 12.3. The minimum absolute atomic E-state index is 0.217. The predicted octanol–water partition coefficient (Wildman–Crippen LogP) is 1.41. The second kappa shape index (κ2) is 6.24. The minimum atomic E-state index is -0.217. The van der Waals surface area contributed by atoms with Crippen molar-refractivity contribution in [3.63, 3.8) is 0 Å². The fourth-order valence-electron chi connectivity index (χ4n) is 2.48. The third kappa shape index (κ3) is 3.40. The Morgan fingerprint density at radius 2 is 1.86 bits per heavy atom. The normalized spacial score (nSPS) is 17.9. The molecule has 1 fully saturated rings. The van der Waals surface area contributed by atoms with Crippen molar-refractivity contribution in [2.24, 2.45) is 5.73 Å². The first-order chi connectivity index (χ1) is 10.2. The van der Waals surface area contributed by atoms with Gasteiger partial charge >= 0.3 is 6.01 Å². The molecule has 0 bridgehead atoms. The van der Waals surface area contributed by atoms with E-state index in [0.717, 1.165) is 32.7 Å². The maximum Gasteiger partial charge on any atom is 0.318 e. The Labute approximate surface area is 124 Å². The summed E-state index contributed by atoms with van der Waals surface area (Å²) in [5.74, 6) is 0.497. The average Bonchev–Trinajstić information content (AvgIpc) is 2.99. The number of nitrogens with two attached hydrogens (primary N) is 1. The maximum absolute atomic E-state index is 5.74. The van der Waals surface area contributed by atoms with Crippen LogP contribution in [0.1, 0.15) is 24.4 Å². The van der Waals surface area contributed by atoms with Crippen molar-refractivity contribution in [1.29, 1.82) is 0 Å². The van der Waals surface area contributed by atoms with Crippen molar-refractivity contribution in [3.8, 4) is 0 Å². The van der Waals surface area contributed by atoms with Gasteiger partial charge in [-0.3, -0.25) is 4.90 Å². The molecule has 1 unspecified atom stereocenters. The van der Waals surface area contributed by atoms with Gasteiger partial charge in [0.2, 0.25) is 5.89 Å². The van der Waals surface area contributed by atoms with Crippen LogP contribution in [0.2, 0.25) is 0 Å². The zero-order chi connectivity index (χ0) is 14.7. The van der Waals surface area contributed by atoms with E-state index in [1.54, 1.807) is 0 Å². The van der Waals surface area contributed by atoms with Crippen LogP contribution >= 0.6 is 0 Å². The number of benzene rings is 1. The Hall–Kier alpha value is -1.92. The van der Waals surface area contributed by atoms with Crippen molar-refractivity contribution in [2.45, 2.75) is 19.5 Å². The highest BCUT2D eigenvalue weighted by molar-refractivity contribution is 5.25. The van der Waals surface area contributed by atoms with E-state index in [1.807, 2.05) is 13.0 Å². The highest BCUT2D eigenvalue weighted by Crippen LogP contribution is 2.18. The van der Waals surface area contributed by atoms with Crippen LogP contribution in [-0.4, -0.2) is 41.3 Å². The second-order valence-corrected chi connectivity index (χ2v) is 5.46. The van der Waals surface area contributed by atoms with Crippen molar-refractivity contribution >= 4 is 6.01 Å². The van der Waals surface area contributed by atoms with Gasteiger partial charge in [0.1, 0.15) is 0 Å². The largest absolute Gasteiger partial charge is 0.406 e. The quantitative estimate of drug-likeness (QED) is 0.917. The summed E-state index contributed by atoms with van der Waals surface area (Å²) in [4.78, 5) is 4.56. The molecule has 6 heteroatoms. The lowest BCUT2D eigenvalue weighted by Crippen LogP contribution is -2.46. The van der Waals surface area contributed by atoms with Crippen LogP contribution in [0, 0.1) is 0 Å². The van der Waals surface area contributed by atoms with E-state index < -0.39 is 0 Å². The molecule has 6 nitrogen and oxygen atoms in total. The van der Waals surface area contributed by atoms with Gasteiger partial charge in [-0.2, -0.15) is 0 Å². The standard InChI is InChI=1S/C15H21N5O/c1-12(16)14-17-18-15(21-14)20-9-7-19(8-10-20)11-13-5-3-2-4-6-13/h2-6,12H,7-11,16H2,1H3. The molecule has 0 saturated carbocycles. The van der Waals surface area contributed by atoms with E-state index in [1.165, 1.54) is 5.56 Å². The molecule has 1 saturated heterocycles. The number of hydrogen-bond donors (Lipinski definition) is 1. The lowest BCUT2D eigenvalue weighted by molar-refractivity contribution is 0.244. The number of nitrogens with zero attached hydrogens (tertiary/aromatic N) is 4. The molecule has 112 valence electrons. The molecule has 0 aliphatic carbocycles. The molecule has 0 spiro atoms. The van der Waals surface area contributed by atoms with E-state index in [9.17, 15) is 0 Å². The summed E-state index contributed by atoms with van der Waals surface area (Å²) in [6.07, 6.45) is 0. The van der Waals surface area contributed by atoms with Gasteiger partial charge in [-0.15, -0.1) is 5.10 Å². The highest BCUT2D eigenvalue weighted by Gasteiger charge is 2.21. The minimum Gasteiger partial charge on any atom is -0.406 e. The van der Waals surface area contributed by atoms with E-state index >= 15 is 0 Å². The van der Waals surface area contributed by atoms with Crippen LogP contribution < -0.4 is 10.6 Å². The maximum atomic E-state index is 5.74. The highest BCUT2D eigenvalue weighted by atomic mass is 16.4. The van der Waals surface area contributed by atoms with Crippen LogP contribution in [0.4, 0.5) is 6.01 Å². The Kier molecular flexibility index (Phi) is 4.17. The summed E-state index contributed by atoms with van der Waals surface area (Å²) < 4.78 is 5.60. The Balaban J connectivity index is 1.55. The summed E-state index contributed by atoms with van der Waals surface area (Å²) in [6, 6.07) is 10.9. The summed E-state index contributed by atoms with van der Waals surface area (Å²) >= 11 is 0. The van der Waals surface area contributed by atoms with Gasteiger partial charge < -0.3 is 15.1 Å². The summed E-state index contributed by atoms with van der Waals surface area (Å²) in [7, 11) is 0. The first-order valence-corrected chi connectivity index (χ1v) is 7.32. The first-order valence-electron chi connectivity index (χ1n) is 7.32. The summed E-state index contributed by atoms with van der Waals surface area (Å²) in [5, 5.41) is 8.06. The van der Waals surface area contributed by atoms with Gasteiger partial charge in [0.05, 0.1) is 6.04 Å². The van der Waals surface area contributed by atoms with Crippen LogP contribution in [0.3, 0.4) is 0 Å². The lowest BCUT2D eigenvalue weighted by atomic mass is 10.2. The van der Waals surface area contributed by atoms with E-state index in [0.29, 0.717) is 11.9 Å². The SMILES string of the molecule is CC(N)c1nnc(N2CCN(Cc3ccccc3)CC2)o1. The van der Waals surface area contributed by atoms with Crippen molar-refractivity contribution in [2.75, 3.05) is 31.1 Å². The molecule has 3 rings (SSSR count). The van der Waals surface area contributed by atoms with Crippen LogP contribution in [0.25, 0.3) is 0 Å².